The van der Waals surface area contributed by atoms with Gasteiger partial charge in [0.1, 0.15) is 11.2 Å². The van der Waals surface area contributed by atoms with Crippen molar-refractivity contribution >= 4 is 73.8 Å². The van der Waals surface area contributed by atoms with Crippen molar-refractivity contribution in [1.82, 2.24) is 0 Å². The molecule has 3 aliphatic rings. The van der Waals surface area contributed by atoms with E-state index in [-0.39, 0.29) is 0 Å². The maximum atomic E-state index is 16.4. The highest BCUT2D eigenvalue weighted by molar-refractivity contribution is 7.99. The summed E-state index contributed by atoms with van der Waals surface area (Å²) in [5.41, 5.74) is 8.22. The third kappa shape index (κ3) is 4.12. The molecule has 0 fully saturated rings. The Hall–Kier alpha value is -6.26. The van der Waals surface area contributed by atoms with E-state index >= 15 is 4.57 Å². The lowest BCUT2D eigenvalue weighted by atomic mass is 9.64. The number of fused-ring (bicyclic) bond motifs is 13. The molecule has 0 saturated heterocycles. The van der Waals surface area contributed by atoms with Crippen LogP contribution in [0.3, 0.4) is 0 Å². The summed E-state index contributed by atoms with van der Waals surface area (Å²) in [6.07, 6.45) is 0. The largest absolute Gasteiger partial charge is 0.456 e. The van der Waals surface area contributed by atoms with E-state index in [4.69, 9.17) is 9.15 Å². The van der Waals surface area contributed by atoms with Crippen molar-refractivity contribution in [2.75, 3.05) is 4.90 Å². The molecule has 2 atom stereocenters. The molecule has 0 bridgehead atoms. The van der Waals surface area contributed by atoms with Gasteiger partial charge < -0.3 is 18.6 Å². The number of rotatable bonds is 2. The molecule has 0 radical (unpaired) electrons. The van der Waals surface area contributed by atoms with Crippen molar-refractivity contribution in [2.24, 2.45) is 0 Å². The Morgan fingerprint density at radius 1 is 0.491 bits per heavy atom. The summed E-state index contributed by atoms with van der Waals surface area (Å²) in [6.45, 7) is 0. The van der Waals surface area contributed by atoms with Crippen LogP contribution in [0.4, 0.5) is 17.1 Å². The van der Waals surface area contributed by atoms with Crippen LogP contribution in [0.5, 0.6) is 11.5 Å². The normalized spacial score (nSPS) is 18.8. The molecule has 0 saturated carbocycles. The molecule has 9 aromatic rings. The molecule has 0 amide bonds. The number of hydrogen-bond donors (Lipinski definition) is 0. The summed E-state index contributed by atoms with van der Waals surface area (Å²) < 4.78 is 29.4. The van der Waals surface area contributed by atoms with Crippen LogP contribution in [0, 0.1) is 0 Å². The fraction of sp³-hybridized carbons (Fsp3) is 0.0204. The predicted octanol–water partition coefficient (Wildman–Crippen LogP) is 12.0. The zero-order valence-corrected chi connectivity index (χ0v) is 31.1. The maximum absolute atomic E-state index is 16.4. The minimum atomic E-state index is -3.40. The second-order valence-electron chi connectivity index (χ2n) is 14.3. The molecule has 55 heavy (non-hydrogen) atoms. The zero-order valence-electron chi connectivity index (χ0n) is 29.3. The lowest BCUT2D eigenvalue weighted by Crippen LogP contribution is -2.48. The summed E-state index contributed by atoms with van der Waals surface area (Å²) in [6, 6.07) is 63.1. The minimum absolute atomic E-state index is 0.740. The van der Waals surface area contributed by atoms with E-state index in [1.807, 2.05) is 72.8 Å². The van der Waals surface area contributed by atoms with Gasteiger partial charge in [-0.1, -0.05) is 133 Å². The zero-order chi connectivity index (χ0) is 36.3. The molecule has 1 spiro atoms. The lowest BCUT2D eigenvalue weighted by Gasteiger charge is -2.48. The predicted molar refractivity (Wildman–Crippen MR) is 224 cm³/mol. The van der Waals surface area contributed by atoms with E-state index in [0.29, 0.717) is 0 Å². The van der Waals surface area contributed by atoms with Crippen LogP contribution in [0.25, 0.3) is 21.9 Å². The van der Waals surface area contributed by atoms with E-state index in [2.05, 4.69) is 114 Å². The number of furan rings is 1. The second-order valence-corrected chi connectivity index (χ2v) is 18.1. The van der Waals surface area contributed by atoms with Crippen molar-refractivity contribution in [3.63, 3.8) is 0 Å². The number of anilines is 3. The Morgan fingerprint density at radius 2 is 1.15 bits per heavy atom. The first kappa shape index (κ1) is 31.1. The van der Waals surface area contributed by atoms with Gasteiger partial charge in [-0.05, 0) is 82.9 Å². The Balaban J connectivity index is 1.21. The molecule has 2 unspecified atom stereocenters. The quantitative estimate of drug-likeness (QED) is 0.165. The summed E-state index contributed by atoms with van der Waals surface area (Å²) in [7, 11) is -3.40. The number of nitrogens with zero attached hydrogens (tertiary/aromatic N) is 1. The van der Waals surface area contributed by atoms with Crippen molar-refractivity contribution in [2.45, 2.75) is 15.2 Å². The number of benzene rings is 8. The fourth-order valence-electron chi connectivity index (χ4n) is 9.31. The third-order valence-electron chi connectivity index (χ3n) is 11.6. The number of hydrogen-bond acceptors (Lipinski definition) is 5. The van der Waals surface area contributed by atoms with Crippen molar-refractivity contribution < 1.29 is 13.7 Å². The molecule has 1 aromatic heterocycles. The topological polar surface area (TPSA) is 42.7 Å². The van der Waals surface area contributed by atoms with E-state index in [1.54, 1.807) is 11.8 Å². The number of ether oxygens (including phenoxy) is 1. The van der Waals surface area contributed by atoms with Gasteiger partial charge in [-0.25, -0.2) is 0 Å². The highest BCUT2D eigenvalue weighted by Gasteiger charge is 2.54. The van der Waals surface area contributed by atoms with Gasteiger partial charge in [0.25, 0.3) is 0 Å². The van der Waals surface area contributed by atoms with Crippen LogP contribution >= 0.6 is 18.9 Å². The molecule has 12 rings (SSSR count). The molecule has 8 aromatic carbocycles. The Morgan fingerprint density at radius 3 is 1.96 bits per heavy atom. The Labute approximate surface area is 322 Å². The van der Waals surface area contributed by atoms with Crippen molar-refractivity contribution in [3.8, 4) is 11.5 Å². The van der Waals surface area contributed by atoms with Crippen LogP contribution < -0.4 is 25.6 Å². The molecular weight excluding hydrogens is 714 g/mol. The fourth-order valence-corrected chi connectivity index (χ4v) is 13.7. The molecule has 0 N–H and O–H groups in total. The van der Waals surface area contributed by atoms with E-state index < -0.39 is 12.6 Å². The molecule has 3 aliphatic heterocycles. The average Bonchev–Trinajstić information content (AvgIpc) is 3.61. The van der Waals surface area contributed by atoms with Gasteiger partial charge in [-0.15, -0.1) is 0 Å². The third-order valence-corrected chi connectivity index (χ3v) is 15.9. The van der Waals surface area contributed by atoms with Gasteiger partial charge in [0, 0.05) is 42.2 Å². The number of para-hydroxylation sites is 5. The average molecular weight is 744 g/mol. The Bertz CT molecular complexity index is 3070. The molecule has 4 heterocycles. The molecule has 0 aliphatic carbocycles. The monoisotopic (exact) mass is 743 g/mol. The van der Waals surface area contributed by atoms with Crippen molar-refractivity contribution in [1.29, 1.82) is 0 Å². The highest BCUT2D eigenvalue weighted by Crippen LogP contribution is 2.63. The van der Waals surface area contributed by atoms with E-state index in [9.17, 15) is 0 Å². The van der Waals surface area contributed by atoms with Crippen molar-refractivity contribution in [3.05, 3.63) is 204 Å². The van der Waals surface area contributed by atoms with Crippen LogP contribution in [0.2, 0.25) is 0 Å². The standard InChI is InChI=1S/C49H30NO3PS/c51-54(32-14-2-1-3-15-32)45-24-12-5-17-35(45)49(38-29-34-33-16-4-9-21-41(33)52-44(34)30-46(38)54)36-18-6-13-25-47(36)55-48-28-31(26-27-37(48)49)50-39-19-7-10-22-42(39)53-43-23-11-8-20-40(43)50/h1-30H. The lowest BCUT2D eigenvalue weighted by molar-refractivity contribution is 0.477. The second kappa shape index (κ2) is 11.4. The van der Waals surface area contributed by atoms with Gasteiger partial charge in [0.15, 0.2) is 18.6 Å². The summed E-state index contributed by atoms with van der Waals surface area (Å²) in [4.78, 5) is 4.62. The molecular formula is C49H30NO3PS. The first-order valence-electron chi connectivity index (χ1n) is 18.4. The summed E-state index contributed by atoms with van der Waals surface area (Å²) >= 11 is 1.80. The first-order valence-corrected chi connectivity index (χ1v) is 21.0. The van der Waals surface area contributed by atoms with Gasteiger partial charge in [0.05, 0.1) is 16.8 Å². The SMILES string of the molecule is O=P1(c2ccccc2)c2ccccc2C2(c3ccccc3Sc3cc(N4c5ccccc5Oc5ccccc54)ccc32)c2cc3c(cc21)oc1ccccc13. The smallest absolute Gasteiger partial charge is 0.171 e. The van der Waals surface area contributed by atoms with Crippen LogP contribution in [0.1, 0.15) is 22.3 Å². The Kier molecular flexibility index (Phi) is 6.44. The van der Waals surface area contributed by atoms with Crippen LogP contribution in [-0.2, 0) is 9.98 Å². The van der Waals surface area contributed by atoms with E-state index in [0.717, 1.165) is 88.0 Å². The van der Waals surface area contributed by atoms with Crippen LogP contribution in [0.15, 0.2) is 196 Å². The molecule has 6 heteroatoms. The maximum Gasteiger partial charge on any atom is 0.171 e. The summed E-state index contributed by atoms with van der Waals surface area (Å²) in [5.74, 6) is 1.63. The van der Waals surface area contributed by atoms with Gasteiger partial charge in [-0.3, -0.25) is 0 Å². The summed E-state index contributed by atoms with van der Waals surface area (Å²) in [5, 5.41) is 4.55. The first-order chi connectivity index (χ1) is 27.1. The minimum Gasteiger partial charge on any atom is -0.456 e. The molecule has 260 valence electrons. The van der Waals surface area contributed by atoms with Gasteiger partial charge in [-0.2, -0.15) is 0 Å². The molecule has 4 nitrogen and oxygen atoms in total. The van der Waals surface area contributed by atoms with Gasteiger partial charge in [0.2, 0.25) is 0 Å². The van der Waals surface area contributed by atoms with Crippen LogP contribution in [-0.4, -0.2) is 0 Å². The van der Waals surface area contributed by atoms with Gasteiger partial charge >= 0.3 is 0 Å². The van der Waals surface area contributed by atoms with E-state index in [1.165, 1.54) is 10.5 Å². The highest BCUT2D eigenvalue weighted by atomic mass is 32.2.